The Hall–Kier alpha value is -1.91. The number of rotatable bonds is 3. The predicted octanol–water partition coefficient (Wildman–Crippen LogP) is 2.92. The Morgan fingerprint density at radius 2 is 1.73 bits per heavy atom. The third kappa shape index (κ3) is 2.60. The molecule has 0 unspecified atom stereocenters. The molecule has 0 saturated carbocycles. The van der Waals surface area contributed by atoms with Gasteiger partial charge in [0.2, 0.25) is 0 Å². The highest BCUT2D eigenvalue weighted by molar-refractivity contribution is 6.03. The number of carbonyl (C=O) groups excluding carboxylic acids is 1. The number of methoxy groups -OCH3 is 1. The number of piperidine rings is 1. The molecule has 122 valence electrons. The lowest BCUT2D eigenvalue weighted by Crippen LogP contribution is -2.59. The Kier molecular flexibility index (Phi) is 4.02. The highest BCUT2D eigenvalue weighted by Crippen LogP contribution is 2.47. The summed E-state index contributed by atoms with van der Waals surface area (Å²) in [4.78, 5) is 14.2. The van der Waals surface area contributed by atoms with Gasteiger partial charge in [0.05, 0.1) is 24.0 Å². The number of hydrogen-bond acceptors (Lipinski definition) is 4. The minimum Gasteiger partial charge on any atom is -0.495 e. The van der Waals surface area contributed by atoms with E-state index in [4.69, 9.17) is 16.2 Å². The fourth-order valence-corrected chi connectivity index (χ4v) is 3.81. The molecule has 5 nitrogen and oxygen atoms in total. The molecular formula is C17H27N3O2. The van der Waals surface area contributed by atoms with Crippen LogP contribution in [-0.2, 0) is 0 Å². The van der Waals surface area contributed by atoms with Crippen molar-refractivity contribution >= 4 is 17.3 Å². The number of ether oxygens (including phenoxy) is 1. The molecular weight excluding hydrogens is 278 g/mol. The second kappa shape index (κ2) is 5.38. The third-order valence-corrected chi connectivity index (χ3v) is 4.67. The van der Waals surface area contributed by atoms with E-state index >= 15 is 0 Å². The molecule has 0 spiro atoms. The molecule has 1 heterocycles. The molecule has 1 aliphatic rings. The monoisotopic (exact) mass is 305 g/mol. The lowest BCUT2D eigenvalue weighted by atomic mass is 9.78. The van der Waals surface area contributed by atoms with Crippen LogP contribution in [-0.4, -0.2) is 24.1 Å². The van der Waals surface area contributed by atoms with Crippen LogP contribution in [0.2, 0.25) is 0 Å². The second-order valence-electron chi connectivity index (χ2n) is 7.26. The molecule has 1 amide bonds. The topological polar surface area (TPSA) is 81.6 Å². The molecule has 1 aromatic carbocycles. The minimum atomic E-state index is -0.471. The average Bonchev–Trinajstić information content (AvgIpc) is 2.38. The maximum Gasteiger partial charge on any atom is 0.250 e. The normalized spacial score (nSPS) is 19.8. The highest BCUT2D eigenvalue weighted by atomic mass is 16.5. The fraction of sp³-hybridized carbons (Fsp3) is 0.588. The van der Waals surface area contributed by atoms with Gasteiger partial charge in [0.15, 0.2) is 0 Å². The number of primary amides is 1. The smallest absolute Gasteiger partial charge is 0.250 e. The summed E-state index contributed by atoms with van der Waals surface area (Å²) >= 11 is 0. The summed E-state index contributed by atoms with van der Waals surface area (Å²) in [6.45, 7) is 8.71. The molecule has 1 aliphatic heterocycles. The summed E-state index contributed by atoms with van der Waals surface area (Å²) in [6, 6.07) is 3.40. The van der Waals surface area contributed by atoms with Crippen molar-refractivity contribution in [2.75, 3.05) is 17.7 Å². The first-order chi connectivity index (χ1) is 10.1. The van der Waals surface area contributed by atoms with Crippen molar-refractivity contribution in [2.24, 2.45) is 5.73 Å². The standard InChI is InChI=1S/C17H27N3O2/c1-16(2)9-6-10-17(3,4)20(16)14-11(15(19)21)7-8-12(22-5)13(14)18/h7-8H,6,9-10,18H2,1-5H3,(H2,19,21). The summed E-state index contributed by atoms with van der Waals surface area (Å²) in [6.07, 6.45) is 3.21. The number of benzene rings is 1. The van der Waals surface area contributed by atoms with Crippen molar-refractivity contribution in [1.82, 2.24) is 0 Å². The molecule has 2 rings (SSSR count). The average molecular weight is 305 g/mol. The van der Waals surface area contributed by atoms with E-state index in [-0.39, 0.29) is 11.1 Å². The maximum absolute atomic E-state index is 11.9. The Morgan fingerprint density at radius 3 is 2.18 bits per heavy atom. The molecule has 0 aliphatic carbocycles. The van der Waals surface area contributed by atoms with E-state index in [0.717, 1.165) is 19.3 Å². The van der Waals surface area contributed by atoms with Gasteiger partial charge in [0.25, 0.3) is 5.91 Å². The Labute approximate surface area is 132 Å². The van der Waals surface area contributed by atoms with Crippen LogP contribution in [0.25, 0.3) is 0 Å². The molecule has 0 aromatic heterocycles. The first-order valence-electron chi connectivity index (χ1n) is 7.68. The molecule has 0 atom stereocenters. The molecule has 0 bridgehead atoms. The van der Waals surface area contributed by atoms with Crippen LogP contribution in [0.4, 0.5) is 11.4 Å². The van der Waals surface area contributed by atoms with Gasteiger partial charge in [-0.25, -0.2) is 0 Å². The quantitative estimate of drug-likeness (QED) is 0.841. The Balaban J connectivity index is 2.74. The van der Waals surface area contributed by atoms with Crippen molar-refractivity contribution in [3.63, 3.8) is 0 Å². The predicted molar refractivity (Wildman–Crippen MR) is 90.4 cm³/mol. The molecule has 5 heteroatoms. The number of nitrogens with zero attached hydrogens (tertiary/aromatic N) is 1. The first-order valence-corrected chi connectivity index (χ1v) is 7.68. The van der Waals surface area contributed by atoms with Crippen molar-refractivity contribution in [3.05, 3.63) is 17.7 Å². The summed E-state index contributed by atoms with van der Waals surface area (Å²) in [5, 5.41) is 0. The van der Waals surface area contributed by atoms with Crippen LogP contribution >= 0.6 is 0 Å². The molecule has 1 fully saturated rings. The van der Waals surface area contributed by atoms with E-state index in [1.165, 1.54) is 0 Å². The van der Waals surface area contributed by atoms with Crippen molar-refractivity contribution in [1.29, 1.82) is 0 Å². The Morgan fingerprint density at radius 1 is 1.18 bits per heavy atom. The first kappa shape index (κ1) is 16.5. The van der Waals surface area contributed by atoms with E-state index in [9.17, 15) is 4.79 Å². The SMILES string of the molecule is COc1ccc(C(N)=O)c(N2C(C)(C)CCCC2(C)C)c1N. The summed E-state index contributed by atoms with van der Waals surface area (Å²) in [5.74, 6) is 0.0960. The number of anilines is 2. The van der Waals surface area contributed by atoms with E-state index in [1.54, 1.807) is 19.2 Å². The van der Waals surface area contributed by atoms with Gasteiger partial charge in [-0.2, -0.15) is 0 Å². The van der Waals surface area contributed by atoms with Crippen LogP contribution < -0.4 is 21.1 Å². The summed E-state index contributed by atoms with van der Waals surface area (Å²) < 4.78 is 5.34. The summed E-state index contributed by atoms with van der Waals surface area (Å²) in [7, 11) is 1.58. The summed E-state index contributed by atoms with van der Waals surface area (Å²) in [5.41, 5.74) is 13.3. The zero-order valence-corrected chi connectivity index (χ0v) is 14.2. The van der Waals surface area contributed by atoms with Gasteiger partial charge < -0.3 is 21.1 Å². The van der Waals surface area contributed by atoms with E-state index < -0.39 is 5.91 Å². The Bertz CT molecular complexity index is 578. The second-order valence-corrected chi connectivity index (χ2v) is 7.26. The molecule has 0 radical (unpaired) electrons. The number of nitrogen functional groups attached to an aromatic ring is 1. The highest BCUT2D eigenvalue weighted by Gasteiger charge is 2.43. The third-order valence-electron chi connectivity index (χ3n) is 4.67. The van der Waals surface area contributed by atoms with Crippen molar-refractivity contribution in [3.8, 4) is 5.75 Å². The van der Waals surface area contributed by atoms with Crippen molar-refractivity contribution < 1.29 is 9.53 Å². The zero-order valence-electron chi connectivity index (χ0n) is 14.2. The van der Waals surface area contributed by atoms with Crippen LogP contribution in [0.1, 0.15) is 57.3 Å². The lowest BCUT2D eigenvalue weighted by molar-refractivity contribution is 0.1000. The maximum atomic E-state index is 11.9. The van der Waals surface area contributed by atoms with E-state index in [1.807, 2.05) is 0 Å². The minimum absolute atomic E-state index is 0.119. The number of hydrogen-bond donors (Lipinski definition) is 2. The zero-order chi connectivity index (χ0) is 16.7. The van der Waals surface area contributed by atoms with Crippen LogP contribution in [0.3, 0.4) is 0 Å². The lowest BCUT2D eigenvalue weighted by Gasteiger charge is -2.55. The molecule has 1 aromatic rings. The van der Waals surface area contributed by atoms with Gasteiger partial charge >= 0.3 is 0 Å². The van der Waals surface area contributed by atoms with Gasteiger partial charge in [-0.3, -0.25) is 4.79 Å². The fourth-order valence-electron chi connectivity index (χ4n) is 3.81. The number of amides is 1. The van der Waals surface area contributed by atoms with E-state index in [0.29, 0.717) is 22.7 Å². The van der Waals surface area contributed by atoms with Gasteiger partial charge in [0, 0.05) is 11.1 Å². The number of carbonyl (C=O) groups is 1. The van der Waals surface area contributed by atoms with Crippen LogP contribution in [0, 0.1) is 0 Å². The number of nitrogens with two attached hydrogens (primary N) is 2. The van der Waals surface area contributed by atoms with Gasteiger partial charge in [-0.15, -0.1) is 0 Å². The van der Waals surface area contributed by atoms with Crippen LogP contribution in [0.5, 0.6) is 5.75 Å². The molecule has 22 heavy (non-hydrogen) atoms. The van der Waals surface area contributed by atoms with Gasteiger partial charge in [-0.05, 0) is 59.1 Å². The van der Waals surface area contributed by atoms with Gasteiger partial charge in [-0.1, -0.05) is 0 Å². The van der Waals surface area contributed by atoms with E-state index in [2.05, 4.69) is 32.6 Å². The van der Waals surface area contributed by atoms with Crippen LogP contribution in [0.15, 0.2) is 12.1 Å². The molecule has 1 saturated heterocycles. The van der Waals surface area contributed by atoms with Crippen molar-refractivity contribution in [2.45, 2.75) is 58.0 Å². The van der Waals surface area contributed by atoms with Gasteiger partial charge in [0.1, 0.15) is 5.75 Å². The molecule has 4 N–H and O–H groups in total. The largest absolute Gasteiger partial charge is 0.495 e.